The van der Waals surface area contributed by atoms with E-state index in [-0.39, 0.29) is 5.92 Å². The summed E-state index contributed by atoms with van der Waals surface area (Å²) in [4.78, 5) is 12.3. The molecule has 1 heteroatoms. The van der Waals surface area contributed by atoms with Crippen LogP contribution in [0.1, 0.15) is 69.7 Å². The number of carbonyl (C=O) groups is 1. The summed E-state index contributed by atoms with van der Waals surface area (Å²) in [5.41, 5.74) is 0.872. The van der Waals surface area contributed by atoms with Gasteiger partial charge in [-0.25, -0.2) is 0 Å². The molecule has 0 aromatic heterocycles. The van der Waals surface area contributed by atoms with Crippen LogP contribution in [-0.4, -0.2) is 5.78 Å². The molecule has 0 bridgehead atoms. The predicted molar refractivity (Wildman–Crippen MR) is 82.5 cm³/mol. The third-order valence-electron chi connectivity index (χ3n) is 3.76. The lowest BCUT2D eigenvalue weighted by molar-refractivity contribution is 0.0907. The Morgan fingerprint density at radius 3 is 2.21 bits per heavy atom. The summed E-state index contributed by atoms with van der Waals surface area (Å²) in [6.45, 7) is 6.67. The maximum atomic E-state index is 12.3. The largest absolute Gasteiger partial charge is 0.294 e. The minimum absolute atomic E-state index is 0.210. The highest BCUT2D eigenvalue weighted by molar-refractivity contribution is 5.97. The summed E-state index contributed by atoms with van der Waals surface area (Å²) in [5.74, 6) is 1.33. The average Bonchev–Trinajstić information content (AvgIpc) is 2.43. The molecule has 1 unspecified atom stereocenters. The third-order valence-corrected chi connectivity index (χ3v) is 3.76. The van der Waals surface area contributed by atoms with Gasteiger partial charge in [-0.3, -0.25) is 4.79 Å². The van der Waals surface area contributed by atoms with Crippen LogP contribution in [0, 0.1) is 11.8 Å². The molecule has 106 valence electrons. The summed E-state index contributed by atoms with van der Waals surface area (Å²) >= 11 is 0. The van der Waals surface area contributed by atoms with Crippen molar-refractivity contribution in [3.05, 3.63) is 35.9 Å². The molecule has 0 saturated carbocycles. The number of benzene rings is 1. The molecule has 0 radical (unpaired) electrons. The van der Waals surface area contributed by atoms with Gasteiger partial charge in [0.05, 0.1) is 0 Å². The maximum Gasteiger partial charge on any atom is 0.165 e. The van der Waals surface area contributed by atoms with Crippen LogP contribution in [0.4, 0.5) is 0 Å². The van der Waals surface area contributed by atoms with Crippen LogP contribution in [0.25, 0.3) is 0 Å². The van der Waals surface area contributed by atoms with E-state index >= 15 is 0 Å². The second kappa shape index (κ2) is 8.90. The van der Waals surface area contributed by atoms with Gasteiger partial charge in [0.15, 0.2) is 5.78 Å². The minimum Gasteiger partial charge on any atom is -0.294 e. The summed E-state index contributed by atoms with van der Waals surface area (Å²) in [6, 6.07) is 9.72. The first kappa shape index (κ1) is 15.9. The highest BCUT2D eigenvalue weighted by Gasteiger charge is 2.17. The number of hydrogen-bond acceptors (Lipinski definition) is 1. The summed E-state index contributed by atoms with van der Waals surface area (Å²) in [7, 11) is 0. The predicted octanol–water partition coefficient (Wildman–Crippen LogP) is 5.50. The van der Waals surface area contributed by atoms with E-state index in [9.17, 15) is 4.79 Å². The van der Waals surface area contributed by atoms with Crippen molar-refractivity contribution in [3.8, 4) is 0 Å². The van der Waals surface area contributed by atoms with E-state index in [1.165, 1.54) is 25.7 Å². The van der Waals surface area contributed by atoms with Gasteiger partial charge in [0.2, 0.25) is 0 Å². The van der Waals surface area contributed by atoms with Gasteiger partial charge in [-0.2, -0.15) is 0 Å². The molecule has 1 rings (SSSR count). The van der Waals surface area contributed by atoms with Crippen molar-refractivity contribution >= 4 is 5.78 Å². The standard InChI is InChI=1S/C18H28O/c1-4-16(12-8-5-7-11-15(2)3)18(19)17-13-9-6-10-14-17/h6,9-10,13-16H,4-5,7-8,11-12H2,1-3H3. The third kappa shape index (κ3) is 6.04. The van der Waals surface area contributed by atoms with Crippen LogP contribution in [0.5, 0.6) is 0 Å². The quantitative estimate of drug-likeness (QED) is 0.423. The number of carbonyl (C=O) groups excluding carboxylic acids is 1. The molecule has 1 aromatic carbocycles. The van der Waals surface area contributed by atoms with Gasteiger partial charge in [0.1, 0.15) is 0 Å². The van der Waals surface area contributed by atoms with Crippen molar-refractivity contribution in [1.29, 1.82) is 0 Å². The molecule has 0 amide bonds. The first-order valence-electron chi connectivity index (χ1n) is 7.74. The summed E-state index contributed by atoms with van der Waals surface area (Å²) in [5, 5.41) is 0. The molecule has 1 nitrogen and oxygen atoms in total. The highest BCUT2D eigenvalue weighted by atomic mass is 16.1. The highest BCUT2D eigenvalue weighted by Crippen LogP contribution is 2.20. The Hall–Kier alpha value is -1.11. The van der Waals surface area contributed by atoms with E-state index < -0.39 is 0 Å². The second-order valence-corrected chi connectivity index (χ2v) is 5.87. The molecule has 1 aromatic rings. The molecule has 0 aliphatic heterocycles. The lowest BCUT2D eigenvalue weighted by Gasteiger charge is -2.14. The number of Topliss-reactive ketones (excluding diaryl/α,β-unsaturated/α-hetero) is 1. The molecule has 0 aliphatic rings. The normalized spacial score (nSPS) is 12.6. The second-order valence-electron chi connectivity index (χ2n) is 5.87. The summed E-state index contributed by atoms with van der Waals surface area (Å²) in [6.07, 6.45) is 7.05. The number of hydrogen-bond donors (Lipinski definition) is 0. The zero-order chi connectivity index (χ0) is 14.1. The zero-order valence-corrected chi connectivity index (χ0v) is 12.7. The van der Waals surface area contributed by atoms with Gasteiger partial charge in [0.25, 0.3) is 0 Å². The van der Waals surface area contributed by atoms with Gasteiger partial charge < -0.3 is 0 Å². The molecule has 0 N–H and O–H groups in total. The van der Waals surface area contributed by atoms with E-state index in [4.69, 9.17) is 0 Å². The van der Waals surface area contributed by atoms with Crippen molar-refractivity contribution in [2.24, 2.45) is 11.8 Å². The van der Waals surface area contributed by atoms with E-state index in [1.54, 1.807) is 0 Å². The SMILES string of the molecule is CCC(CCCCCC(C)C)C(=O)c1ccccc1. The lowest BCUT2D eigenvalue weighted by Crippen LogP contribution is -2.14. The van der Waals surface area contributed by atoms with Crippen molar-refractivity contribution in [1.82, 2.24) is 0 Å². The minimum atomic E-state index is 0.210. The Balaban J connectivity index is 2.35. The molecule has 0 spiro atoms. The van der Waals surface area contributed by atoms with Gasteiger partial charge in [-0.15, -0.1) is 0 Å². The fourth-order valence-corrected chi connectivity index (χ4v) is 2.48. The Labute approximate surface area is 118 Å². The molecular weight excluding hydrogens is 232 g/mol. The van der Waals surface area contributed by atoms with Gasteiger partial charge in [-0.05, 0) is 18.8 Å². The fraction of sp³-hybridized carbons (Fsp3) is 0.611. The van der Waals surface area contributed by atoms with E-state index in [0.29, 0.717) is 5.78 Å². The Morgan fingerprint density at radius 1 is 1.00 bits per heavy atom. The number of rotatable bonds is 9. The van der Waals surface area contributed by atoms with Crippen LogP contribution in [0.3, 0.4) is 0 Å². The van der Waals surface area contributed by atoms with Crippen molar-refractivity contribution in [2.45, 2.75) is 59.3 Å². The maximum absolute atomic E-state index is 12.3. The Bertz CT molecular complexity index is 353. The van der Waals surface area contributed by atoms with E-state index in [1.807, 2.05) is 30.3 Å². The molecule has 0 saturated heterocycles. The van der Waals surface area contributed by atoms with Gasteiger partial charge >= 0.3 is 0 Å². The molecule has 0 fully saturated rings. The lowest BCUT2D eigenvalue weighted by atomic mass is 9.90. The fourth-order valence-electron chi connectivity index (χ4n) is 2.48. The van der Waals surface area contributed by atoms with Gasteiger partial charge in [-0.1, -0.05) is 76.8 Å². The van der Waals surface area contributed by atoms with Crippen molar-refractivity contribution in [3.63, 3.8) is 0 Å². The van der Waals surface area contributed by atoms with Gasteiger partial charge in [0, 0.05) is 11.5 Å². The topological polar surface area (TPSA) is 17.1 Å². The van der Waals surface area contributed by atoms with Crippen LogP contribution >= 0.6 is 0 Å². The monoisotopic (exact) mass is 260 g/mol. The first-order chi connectivity index (χ1) is 9.15. The molecule has 1 atom stereocenters. The van der Waals surface area contributed by atoms with E-state index in [2.05, 4.69) is 20.8 Å². The van der Waals surface area contributed by atoms with E-state index in [0.717, 1.165) is 24.3 Å². The van der Waals surface area contributed by atoms with Crippen LogP contribution in [-0.2, 0) is 0 Å². The first-order valence-corrected chi connectivity index (χ1v) is 7.74. The molecule has 19 heavy (non-hydrogen) atoms. The average molecular weight is 260 g/mol. The number of unbranched alkanes of at least 4 members (excludes halogenated alkanes) is 2. The smallest absolute Gasteiger partial charge is 0.165 e. The Kier molecular flexibility index (Phi) is 7.47. The van der Waals surface area contributed by atoms with Crippen LogP contribution < -0.4 is 0 Å². The van der Waals surface area contributed by atoms with Crippen molar-refractivity contribution in [2.75, 3.05) is 0 Å². The van der Waals surface area contributed by atoms with Crippen LogP contribution in [0.2, 0.25) is 0 Å². The molecule has 0 aliphatic carbocycles. The van der Waals surface area contributed by atoms with Crippen LogP contribution in [0.15, 0.2) is 30.3 Å². The van der Waals surface area contributed by atoms with Crippen molar-refractivity contribution < 1.29 is 4.79 Å². The summed E-state index contributed by atoms with van der Waals surface area (Å²) < 4.78 is 0. The zero-order valence-electron chi connectivity index (χ0n) is 12.7. The molecular formula is C18H28O. The Morgan fingerprint density at radius 2 is 1.63 bits per heavy atom. The number of ketones is 1. The molecule has 0 heterocycles.